The molecule has 28 heavy (non-hydrogen) atoms. The van der Waals surface area contributed by atoms with Crippen LogP contribution in [0, 0.1) is 0 Å². The SMILES string of the molecule is CCOc1ccc(NC(=S)NN=C(C)c2ccc(-c3ccccc3)cc2)cc1. The molecule has 0 saturated carbocycles. The molecular formula is C23H23N3OS. The lowest BCUT2D eigenvalue weighted by Crippen LogP contribution is -2.24. The summed E-state index contributed by atoms with van der Waals surface area (Å²) >= 11 is 5.31. The van der Waals surface area contributed by atoms with Crippen LogP contribution in [0.4, 0.5) is 5.69 Å². The van der Waals surface area contributed by atoms with E-state index in [0.29, 0.717) is 11.7 Å². The van der Waals surface area contributed by atoms with Crippen LogP contribution in [-0.4, -0.2) is 17.4 Å². The number of rotatable bonds is 6. The zero-order chi connectivity index (χ0) is 19.8. The first-order chi connectivity index (χ1) is 13.7. The molecule has 0 unspecified atom stereocenters. The van der Waals surface area contributed by atoms with Gasteiger partial charge in [-0.05, 0) is 67.0 Å². The van der Waals surface area contributed by atoms with E-state index in [0.717, 1.165) is 22.7 Å². The Bertz CT molecular complexity index is 936. The second-order valence-electron chi connectivity index (χ2n) is 6.16. The Morgan fingerprint density at radius 2 is 1.54 bits per heavy atom. The van der Waals surface area contributed by atoms with Gasteiger partial charge in [-0.2, -0.15) is 5.10 Å². The first-order valence-electron chi connectivity index (χ1n) is 9.15. The summed E-state index contributed by atoms with van der Waals surface area (Å²) in [4.78, 5) is 0. The van der Waals surface area contributed by atoms with Crippen molar-refractivity contribution >= 4 is 28.7 Å². The van der Waals surface area contributed by atoms with Crippen molar-refractivity contribution < 1.29 is 4.74 Å². The van der Waals surface area contributed by atoms with Gasteiger partial charge >= 0.3 is 0 Å². The van der Waals surface area contributed by atoms with Gasteiger partial charge in [0.15, 0.2) is 5.11 Å². The van der Waals surface area contributed by atoms with Crippen LogP contribution in [0.25, 0.3) is 11.1 Å². The lowest BCUT2D eigenvalue weighted by Gasteiger charge is -2.09. The summed E-state index contributed by atoms with van der Waals surface area (Å²) in [5.41, 5.74) is 8.04. The van der Waals surface area contributed by atoms with Crippen LogP contribution in [0.2, 0.25) is 0 Å². The van der Waals surface area contributed by atoms with Gasteiger partial charge < -0.3 is 10.1 Å². The lowest BCUT2D eigenvalue weighted by atomic mass is 10.0. The highest BCUT2D eigenvalue weighted by Crippen LogP contribution is 2.19. The quantitative estimate of drug-likeness (QED) is 0.334. The number of ether oxygens (including phenoxy) is 1. The predicted octanol–water partition coefficient (Wildman–Crippen LogP) is 5.46. The molecule has 0 fully saturated rings. The highest BCUT2D eigenvalue weighted by Gasteiger charge is 2.02. The van der Waals surface area contributed by atoms with Crippen LogP contribution < -0.4 is 15.5 Å². The van der Waals surface area contributed by atoms with Gasteiger partial charge in [0.2, 0.25) is 0 Å². The normalized spacial score (nSPS) is 11.0. The minimum Gasteiger partial charge on any atom is -0.494 e. The molecule has 0 aliphatic carbocycles. The summed E-state index contributed by atoms with van der Waals surface area (Å²) in [7, 11) is 0. The molecule has 4 nitrogen and oxygen atoms in total. The summed E-state index contributed by atoms with van der Waals surface area (Å²) in [6.07, 6.45) is 0. The lowest BCUT2D eigenvalue weighted by molar-refractivity contribution is 0.340. The summed E-state index contributed by atoms with van der Waals surface area (Å²) < 4.78 is 5.43. The standard InChI is InChI=1S/C23H23N3OS/c1-3-27-22-15-13-21(14-16-22)24-23(28)26-25-17(2)18-9-11-20(12-10-18)19-7-5-4-6-8-19/h4-16H,3H2,1-2H3,(H2,24,26,28). The van der Waals surface area contributed by atoms with Crippen LogP contribution in [0.3, 0.4) is 0 Å². The van der Waals surface area contributed by atoms with Gasteiger partial charge in [0.05, 0.1) is 12.3 Å². The molecule has 0 spiro atoms. The number of anilines is 1. The van der Waals surface area contributed by atoms with Crippen LogP contribution in [0.15, 0.2) is 84.0 Å². The van der Waals surface area contributed by atoms with E-state index in [1.807, 2.05) is 56.3 Å². The molecule has 0 saturated heterocycles. The van der Waals surface area contributed by atoms with Gasteiger partial charge in [0, 0.05) is 5.69 Å². The molecule has 0 radical (unpaired) electrons. The van der Waals surface area contributed by atoms with Crippen LogP contribution >= 0.6 is 12.2 Å². The molecule has 0 heterocycles. The van der Waals surface area contributed by atoms with Crippen LogP contribution in [0.1, 0.15) is 19.4 Å². The van der Waals surface area contributed by atoms with Gasteiger partial charge in [-0.1, -0.05) is 54.6 Å². The van der Waals surface area contributed by atoms with E-state index in [-0.39, 0.29) is 0 Å². The van der Waals surface area contributed by atoms with E-state index in [4.69, 9.17) is 17.0 Å². The fourth-order valence-electron chi connectivity index (χ4n) is 2.69. The van der Waals surface area contributed by atoms with E-state index in [1.165, 1.54) is 11.1 Å². The number of hydrogen-bond acceptors (Lipinski definition) is 3. The fourth-order valence-corrected chi connectivity index (χ4v) is 2.86. The van der Waals surface area contributed by atoms with E-state index in [9.17, 15) is 0 Å². The maximum absolute atomic E-state index is 5.43. The Morgan fingerprint density at radius 3 is 2.18 bits per heavy atom. The van der Waals surface area contributed by atoms with Crippen molar-refractivity contribution in [1.82, 2.24) is 5.43 Å². The molecule has 0 bridgehead atoms. The Labute approximate surface area is 171 Å². The minimum absolute atomic E-state index is 0.435. The second kappa shape index (κ2) is 9.67. The highest BCUT2D eigenvalue weighted by molar-refractivity contribution is 7.80. The monoisotopic (exact) mass is 389 g/mol. The van der Waals surface area contributed by atoms with Crippen LogP contribution in [-0.2, 0) is 0 Å². The summed E-state index contributed by atoms with van der Waals surface area (Å²) in [6, 6.07) is 26.2. The first kappa shape index (κ1) is 19.6. The molecule has 2 N–H and O–H groups in total. The van der Waals surface area contributed by atoms with Gasteiger partial charge in [-0.3, -0.25) is 5.43 Å². The molecular weight excluding hydrogens is 366 g/mol. The molecule has 0 amide bonds. The molecule has 5 heteroatoms. The third-order valence-corrected chi connectivity index (χ3v) is 4.35. The maximum Gasteiger partial charge on any atom is 0.191 e. The molecule has 0 aromatic heterocycles. The zero-order valence-electron chi connectivity index (χ0n) is 16.0. The van der Waals surface area contributed by atoms with Crippen molar-refractivity contribution in [3.63, 3.8) is 0 Å². The Kier molecular flexibility index (Phi) is 6.76. The fraction of sp³-hybridized carbons (Fsp3) is 0.130. The van der Waals surface area contributed by atoms with Crippen molar-refractivity contribution in [1.29, 1.82) is 0 Å². The van der Waals surface area contributed by atoms with Gasteiger partial charge in [0.25, 0.3) is 0 Å². The van der Waals surface area contributed by atoms with Crippen molar-refractivity contribution in [2.75, 3.05) is 11.9 Å². The maximum atomic E-state index is 5.43. The van der Waals surface area contributed by atoms with E-state index >= 15 is 0 Å². The number of benzene rings is 3. The topological polar surface area (TPSA) is 45.6 Å². The third-order valence-electron chi connectivity index (χ3n) is 4.16. The van der Waals surface area contributed by atoms with Gasteiger partial charge in [0.1, 0.15) is 5.75 Å². The Hall–Kier alpha value is -3.18. The molecule has 0 aliphatic rings. The predicted molar refractivity (Wildman–Crippen MR) is 121 cm³/mol. The Morgan fingerprint density at radius 1 is 0.893 bits per heavy atom. The molecule has 0 aliphatic heterocycles. The number of hydrazone groups is 1. The average molecular weight is 390 g/mol. The van der Waals surface area contributed by atoms with Crippen molar-refractivity contribution in [3.05, 3.63) is 84.4 Å². The van der Waals surface area contributed by atoms with E-state index in [2.05, 4.69) is 52.2 Å². The molecule has 3 aromatic rings. The number of nitrogens with zero attached hydrogens (tertiary/aromatic N) is 1. The van der Waals surface area contributed by atoms with Crippen molar-refractivity contribution in [2.45, 2.75) is 13.8 Å². The number of nitrogens with one attached hydrogen (secondary N) is 2. The summed E-state index contributed by atoms with van der Waals surface area (Å²) in [6.45, 7) is 4.55. The zero-order valence-corrected chi connectivity index (χ0v) is 16.8. The molecule has 142 valence electrons. The molecule has 3 aromatic carbocycles. The second-order valence-corrected chi connectivity index (χ2v) is 6.57. The van der Waals surface area contributed by atoms with Gasteiger partial charge in [-0.25, -0.2) is 0 Å². The van der Waals surface area contributed by atoms with Crippen LogP contribution in [0.5, 0.6) is 5.75 Å². The Balaban J connectivity index is 1.58. The number of thiocarbonyl (C=S) groups is 1. The highest BCUT2D eigenvalue weighted by atomic mass is 32.1. The van der Waals surface area contributed by atoms with E-state index < -0.39 is 0 Å². The summed E-state index contributed by atoms with van der Waals surface area (Å²) in [5.74, 6) is 0.833. The average Bonchev–Trinajstić information content (AvgIpc) is 2.74. The largest absolute Gasteiger partial charge is 0.494 e. The smallest absolute Gasteiger partial charge is 0.191 e. The molecule has 3 rings (SSSR count). The van der Waals surface area contributed by atoms with Crippen molar-refractivity contribution in [3.8, 4) is 16.9 Å². The third kappa shape index (κ3) is 5.41. The minimum atomic E-state index is 0.435. The van der Waals surface area contributed by atoms with Gasteiger partial charge in [-0.15, -0.1) is 0 Å². The van der Waals surface area contributed by atoms with E-state index in [1.54, 1.807) is 0 Å². The number of hydrogen-bond donors (Lipinski definition) is 2. The first-order valence-corrected chi connectivity index (χ1v) is 9.56. The van der Waals surface area contributed by atoms with Crippen molar-refractivity contribution in [2.24, 2.45) is 5.10 Å². The summed E-state index contributed by atoms with van der Waals surface area (Å²) in [5, 5.41) is 7.92. The molecule has 0 atom stereocenters.